The fraction of sp³-hybridized carbons (Fsp3) is 0.182. The van der Waals surface area contributed by atoms with Gasteiger partial charge in [0.1, 0.15) is 0 Å². The molecule has 5 heteroatoms. The van der Waals surface area contributed by atoms with Crippen molar-refractivity contribution in [3.8, 4) is 5.69 Å². The van der Waals surface area contributed by atoms with Crippen LogP contribution in [0.1, 0.15) is 11.4 Å². The average Bonchev–Trinajstić information content (AvgIpc) is 2.48. The lowest BCUT2D eigenvalue weighted by molar-refractivity contribution is 1.00. The summed E-state index contributed by atoms with van der Waals surface area (Å²) in [5.41, 5.74) is 8.88. The summed E-state index contributed by atoms with van der Waals surface area (Å²) in [5.74, 6) is 0. The summed E-state index contributed by atoms with van der Waals surface area (Å²) in [4.78, 5) is 4.21. The highest BCUT2D eigenvalue weighted by atomic mass is 35.5. The summed E-state index contributed by atoms with van der Waals surface area (Å²) < 4.78 is 1.86. The van der Waals surface area contributed by atoms with Gasteiger partial charge >= 0.3 is 0 Å². The molecule has 0 spiro atoms. The quantitative estimate of drug-likeness (QED) is 0.795. The number of aryl methyl sites for hydroxylation is 1. The van der Waals surface area contributed by atoms with E-state index < -0.39 is 0 Å². The Morgan fingerprint density at radius 1 is 1.19 bits per heavy atom. The van der Waals surface area contributed by atoms with Crippen molar-refractivity contribution in [2.45, 2.75) is 13.8 Å². The van der Waals surface area contributed by atoms with E-state index in [-0.39, 0.29) is 0 Å². The van der Waals surface area contributed by atoms with Crippen LogP contribution in [0.15, 0.2) is 18.5 Å². The molecule has 2 aromatic rings. The third-order valence-electron chi connectivity index (χ3n) is 2.53. The Hall–Kier alpha value is -1.19. The standard InChI is InChI=1S/C11H11Cl2N3/c1-6-7(2)16(5-15-6)11-9(12)3-8(14)4-10(11)13/h3-5H,14H2,1-2H3. The van der Waals surface area contributed by atoms with Crippen LogP contribution in [0.4, 0.5) is 5.69 Å². The Labute approximate surface area is 104 Å². The van der Waals surface area contributed by atoms with E-state index in [1.165, 1.54) is 0 Å². The van der Waals surface area contributed by atoms with Gasteiger partial charge in [-0.15, -0.1) is 0 Å². The molecule has 0 saturated carbocycles. The molecule has 16 heavy (non-hydrogen) atoms. The highest BCUT2D eigenvalue weighted by molar-refractivity contribution is 6.38. The third-order valence-corrected chi connectivity index (χ3v) is 3.11. The lowest BCUT2D eigenvalue weighted by Crippen LogP contribution is -1.99. The maximum absolute atomic E-state index is 6.14. The fourth-order valence-corrected chi connectivity index (χ4v) is 2.23. The van der Waals surface area contributed by atoms with Gasteiger partial charge in [-0.3, -0.25) is 0 Å². The van der Waals surface area contributed by atoms with E-state index in [2.05, 4.69) is 4.98 Å². The number of imidazole rings is 1. The first kappa shape index (κ1) is 11.3. The number of halogens is 2. The van der Waals surface area contributed by atoms with Crippen molar-refractivity contribution in [1.29, 1.82) is 0 Å². The molecule has 0 atom stereocenters. The van der Waals surface area contributed by atoms with Gasteiger partial charge < -0.3 is 10.3 Å². The summed E-state index contributed by atoms with van der Waals surface area (Å²) in [5, 5.41) is 1.04. The fourth-order valence-electron chi connectivity index (χ4n) is 1.54. The van der Waals surface area contributed by atoms with Gasteiger partial charge in [-0.2, -0.15) is 0 Å². The SMILES string of the molecule is Cc1ncn(-c2c(Cl)cc(N)cc2Cl)c1C. The van der Waals surface area contributed by atoms with E-state index in [1.54, 1.807) is 18.5 Å². The molecule has 0 aliphatic rings. The van der Waals surface area contributed by atoms with Crippen LogP contribution in [0.3, 0.4) is 0 Å². The Bertz CT molecular complexity index is 523. The van der Waals surface area contributed by atoms with Gasteiger partial charge in [-0.25, -0.2) is 4.98 Å². The minimum Gasteiger partial charge on any atom is -0.399 e. The minimum atomic E-state index is 0.519. The molecule has 0 aliphatic heterocycles. The predicted molar refractivity (Wildman–Crippen MR) is 67.5 cm³/mol. The van der Waals surface area contributed by atoms with Crippen LogP contribution in [0.25, 0.3) is 5.69 Å². The highest BCUT2D eigenvalue weighted by Crippen LogP contribution is 2.32. The first-order valence-corrected chi connectivity index (χ1v) is 5.51. The van der Waals surface area contributed by atoms with Crippen LogP contribution < -0.4 is 5.73 Å². The summed E-state index contributed by atoms with van der Waals surface area (Å²) in [7, 11) is 0. The molecule has 0 radical (unpaired) electrons. The molecule has 1 heterocycles. The molecule has 1 aromatic heterocycles. The van der Waals surface area contributed by atoms with E-state index in [0.29, 0.717) is 15.7 Å². The van der Waals surface area contributed by atoms with E-state index in [9.17, 15) is 0 Å². The van der Waals surface area contributed by atoms with Gasteiger partial charge in [0, 0.05) is 11.4 Å². The van der Waals surface area contributed by atoms with Crippen molar-refractivity contribution < 1.29 is 0 Å². The molecular weight excluding hydrogens is 245 g/mol. The topological polar surface area (TPSA) is 43.8 Å². The third kappa shape index (κ3) is 1.77. The lowest BCUT2D eigenvalue weighted by Gasteiger charge is -2.11. The van der Waals surface area contributed by atoms with Gasteiger partial charge in [0.05, 0.1) is 27.8 Å². The highest BCUT2D eigenvalue weighted by Gasteiger charge is 2.12. The number of aromatic nitrogens is 2. The van der Waals surface area contributed by atoms with Crippen LogP contribution in [0.2, 0.25) is 10.0 Å². The second-order valence-corrected chi connectivity index (χ2v) is 4.43. The maximum atomic E-state index is 6.14. The van der Waals surface area contributed by atoms with Gasteiger partial charge in [0.15, 0.2) is 0 Å². The molecule has 84 valence electrons. The van der Waals surface area contributed by atoms with Crippen molar-refractivity contribution >= 4 is 28.9 Å². The van der Waals surface area contributed by atoms with Crippen molar-refractivity contribution in [3.63, 3.8) is 0 Å². The largest absolute Gasteiger partial charge is 0.399 e. The number of rotatable bonds is 1. The molecule has 2 N–H and O–H groups in total. The summed E-state index contributed by atoms with van der Waals surface area (Å²) in [6.07, 6.45) is 1.70. The predicted octanol–water partition coefficient (Wildman–Crippen LogP) is 3.38. The molecule has 1 aromatic carbocycles. The number of hydrogen-bond acceptors (Lipinski definition) is 2. The molecule has 0 amide bonds. The number of anilines is 1. The average molecular weight is 256 g/mol. The van der Waals surface area contributed by atoms with E-state index in [1.807, 2.05) is 18.4 Å². The van der Waals surface area contributed by atoms with Gasteiger partial charge in [-0.05, 0) is 26.0 Å². The first-order chi connectivity index (χ1) is 7.50. The van der Waals surface area contributed by atoms with Gasteiger partial charge in [0.2, 0.25) is 0 Å². The van der Waals surface area contributed by atoms with Crippen LogP contribution in [0.5, 0.6) is 0 Å². The van der Waals surface area contributed by atoms with Crippen molar-refractivity contribution in [2.24, 2.45) is 0 Å². The Morgan fingerprint density at radius 3 is 2.19 bits per heavy atom. The number of nitrogens with zero attached hydrogens (tertiary/aromatic N) is 2. The first-order valence-electron chi connectivity index (χ1n) is 4.76. The molecule has 2 rings (SSSR count). The second kappa shape index (κ2) is 4.00. The molecule has 0 saturated heterocycles. The van der Waals surface area contributed by atoms with E-state index in [4.69, 9.17) is 28.9 Å². The summed E-state index contributed by atoms with van der Waals surface area (Å²) >= 11 is 12.3. The van der Waals surface area contributed by atoms with Crippen LogP contribution in [0, 0.1) is 13.8 Å². The molecule has 0 fully saturated rings. The van der Waals surface area contributed by atoms with Crippen LogP contribution in [-0.2, 0) is 0 Å². The Kier molecular flexibility index (Phi) is 2.82. The van der Waals surface area contributed by atoms with Crippen molar-refractivity contribution in [2.75, 3.05) is 5.73 Å². The van der Waals surface area contributed by atoms with Gasteiger partial charge in [-0.1, -0.05) is 23.2 Å². The summed E-state index contributed by atoms with van der Waals surface area (Å²) in [6.45, 7) is 3.90. The zero-order valence-electron chi connectivity index (χ0n) is 8.96. The minimum absolute atomic E-state index is 0.519. The smallest absolute Gasteiger partial charge is 0.0998 e. The lowest BCUT2D eigenvalue weighted by atomic mass is 10.2. The van der Waals surface area contributed by atoms with Crippen LogP contribution >= 0.6 is 23.2 Å². The second-order valence-electron chi connectivity index (χ2n) is 3.62. The van der Waals surface area contributed by atoms with E-state index >= 15 is 0 Å². The Balaban J connectivity index is 2.69. The van der Waals surface area contributed by atoms with E-state index in [0.717, 1.165) is 17.1 Å². The molecule has 0 bridgehead atoms. The molecule has 3 nitrogen and oxygen atoms in total. The van der Waals surface area contributed by atoms with Gasteiger partial charge in [0.25, 0.3) is 0 Å². The molecular formula is C11H11Cl2N3. The zero-order chi connectivity index (χ0) is 11.9. The Morgan fingerprint density at radius 2 is 1.75 bits per heavy atom. The monoisotopic (exact) mass is 255 g/mol. The van der Waals surface area contributed by atoms with Crippen molar-refractivity contribution in [1.82, 2.24) is 9.55 Å². The number of hydrogen-bond donors (Lipinski definition) is 1. The summed E-state index contributed by atoms with van der Waals surface area (Å²) in [6, 6.07) is 3.36. The number of nitrogen functional groups attached to an aromatic ring is 1. The molecule has 0 aliphatic carbocycles. The van der Waals surface area contributed by atoms with Crippen LogP contribution in [-0.4, -0.2) is 9.55 Å². The maximum Gasteiger partial charge on any atom is 0.0998 e. The normalized spacial score (nSPS) is 10.8. The zero-order valence-corrected chi connectivity index (χ0v) is 10.5. The van der Waals surface area contributed by atoms with Crippen molar-refractivity contribution in [3.05, 3.63) is 39.9 Å². The molecule has 0 unspecified atom stereocenters. The number of benzene rings is 1. The number of nitrogens with two attached hydrogens (primary N) is 1.